The van der Waals surface area contributed by atoms with Crippen LogP contribution in [-0.2, 0) is 16.6 Å². The van der Waals surface area contributed by atoms with E-state index in [0.717, 1.165) is 51.5 Å². The normalized spacial score (nSPS) is 14.4. The van der Waals surface area contributed by atoms with E-state index in [1.165, 1.54) is 12.8 Å². The molecule has 0 atom stereocenters. The molecule has 0 amide bonds. The SMILES string of the molecule is CCCC(C)(C)C.O.O.O=C(Cc1cccc(-c2ccc(S)cc2)c1)C1(c2ccc3c(c2)OCO3)CC1. The Labute approximate surface area is 226 Å². The molecule has 1 saturated carbocycles. The van der Waals surface area contributed by atoms with Gasteiger partial charge in [-0.15, -0.1) is 12.6 Å². The Morgan fingerprint density at radius 2 is 1.57 bits per heavy atom. The molecule has 0 radical (unpaired) electrons. The van der Waals surface area contributed by atoms with Crippen LogP contribution >= 0.6 is 12.6 Å². The first-order chi connectivity index (χ1) is 16.7. The second-order valence-corrected chi connectivity index (χ2v) is 11.3. The van der Waals surface area contributed by atoms with Crippen molar-refractivity contribution in [2.75, 3.05) is 6.79 Å². The maximum Gasteiger partial charge on any atom is 0.231 e. The lowest BCUT2D eigenvalue weighted by Gasteiger charge is -2.15. The number of hydrogen-bond donors (Lipinski definition) is 1. The molecule has 0 aromatic heterocycles. The molecule has 5 nitrogen and oxygen atoms in total. The minimum Gasteiger partial charge on any atom is -0.454 e. The lowest BCUT2D eigenvalue weighted by atomic mass is 9.87. The van der Waals surface area contributed by atoms with Crippen LogP contribution in [0.2, 0.25) is 0 Å². The Balaban J connectivity index is 0.000000476. The zero-order valence-corrected chi connectivity index (χ0v) is 23.2. The van der Waals surface area contributed by atoms with Gasteiger partial charge in [0.05, 0.1) is 5.41 Å². The van der Waals surface area contributed by atoms with Gasteiger partial charge in [0.2, 0.25) is 6.79 Å². The largest absolute Gasteiger partial charge is 0.454 e. The van der Waals surface area contributed by atoms with E-state index >= 15 is 0 Å². The molecule has 1 aliphatic heterocycles. The van der Waals surface area contributed by atoms with E-state index in [-0.39, 0.29) is 28.9 Å². The summed E-state index contributed by atoms with van der Waals surface area (Å²) in [5.74, 6) is 1.77. The maximum atomic E-state index is 13.2. The average molecular weight is 525 g/mol. The molecule has 2 aliphatic rings. The second kappa shape index (κ2) is 12.6. The van der Waals surface area contributed by atoms with E-state index < -0.39 is 0 Å². The Morgan fingerprint density at radius 3 is 2.16 bits per heavy atom. The predicted octanol–water partition coefficient (Wildman–Crippen LogP) is 6.40. The summed E-state index contributed by atoms with van der Waals surface area (Å²) in [5, 5.41) is 0. The molecule has 200 valence electrons. The van der Waals surface area contributed by atoms with Gasteiger partial charge in [-0.3, -0.25) is 4.79 Å². The zero-order chi connectivity index (χ0) is 25.1. The fraction of sp³-hybridized carbons (Fsp3) is 0.387. The van der Waals surface area contributed by atoms with E-state index in [0.29, 0.717) is 11.8 Å². The quantitative estimate of drug-likeness (QED) is 0.378. The van der Waals surface area contributed by atoms with Gasteiger partial charge in [0.1, 0.15) is 5.78 Å². The maximum absolute atomic E-state index is 13.2. The number of thiol groups is 1. The first kappa shape index (κ1) is 30.4. The highest BCUT2D eigenvalue weighted by Crippen LogP contribution is 2.51. The summed E-state index contributed by atoms with van der Waals surface area (Å²) in [4.78, 5) is 14.1. The molecule has 3 aromatic carbocycles. The molecule has 1 fully saturated rings. The molecule has 3 aromatic rings. The first-order valence-electron chi connectivity index (χ1n) is 12.5. The number of rotatable bonds is 6. The number of ether oxygens (including phenoxy) is 2. The molecule has 6 heteroatoms. The highest BCUT2D eigenvalue weighted by molar-refractivity contribution is 7.80. The molecule has 0 spiro atoms. The summed E-state index contributed by atoms with van der Waals surface area (Å²) >= 11 is 4.35. The summed E-state index contributed by atoms with van der Waals surface area (Å²) in [6.07, 6.45) is 4.88. The minimum atomic E-state index is -0.370. The van der Waals surface area contributed by atoms with Gasteiger partial charge in [0.15, 0.2) is 11.5 Å². The Bertz CT molecular complexity index is 1180. The average Bonchev–Trinajstić information content (AvgIpc) is 3.50. The van der Waals surface area contributed by atoms with Crippen LogP contribution < -0.4 is 9.47 Å². The van der Waals surface area contributed by atoms with Crippen LogP contribution in [0.25, 0.3) is 11.1 Å². The number of fused-ring (bicyclic) bond motifs is 1. The van der Waals surface area contributed by atoms with Crippen molar-refractivity contribution in [1.29, 1.82) is 0 Å². The van der Waals surface area contributed by atoms with Crippen LogP contribution in [0.5, 0.6) is 11.5 Å². The lowest BCUT2D eigenvalue weighted by molar-refractivity contribution is -0.120. The third-order valence-electron chi connectivity index (χ3n) is 6.70. The smallest absolute Gasteiger partial charge is 0.231 e. The van der Waals surface area contributed by atoms with Gasteiger partial charge >= 0.3 is 0 Å². The third-order valence-corrected chi connectivity index (χ3v) is 7.00. The summed E-state index contributed by atoms with van der Waals surface area (Å²) in [5.41, 5.74) is 4.52. The number of hydrogen-bond acceptors (Lipinski definition) is 4. The van der Waals surface area contributed by atoms with Crippen LogP contribution in [0.15, 0.2) is 71.6 Å². The van der Waals surface area contributed by atoms with E-state index in [9.17, 15) is 4.79 Å². The number of carbonyl (C=O) groups is 1. The molecule has 0 bridgehead atoms. The summed E-state index contributed by atoms with van der Waals surface area (Å²) < 4.78 is 10.9. The Kier molecular flexibility index (Phi) is 10.4. The molecule has 1 heterocycles. The van der Waals surface area contributed by atoms with E-state index in [2.05, 4.69) is 64.6 Å². The van der Waals surface area contributed by atoms with Gasteiger partial charge in [0.25, 0.3) is 0 Å². The fourth-order valence-corrected chi connectivity index (χ4v) is 4.82. The van der Waals surface area contributed by atoms with Crippen molar-refractivity contribution in [3.8, 4) is 22.6 Å². The van der Waals surface area contributed by atoms with Crippen molar-refractivity contribution in [3.63, 3.8) is 0 Å². The van der Waals surface area contributed by atoms with Crippen LogP contribution in [0.1, 0.15) is 64.5 Å². The van der Waals surface area contributed by atoms with Crippen molar-refractivity contribution >= 4 is 18.4 Å². The molecule has 1 aliphatic carbocycles. The predicted molar refractivity (Wildman–Crippen MR) is 153 cm³/mol. The first-order valence-corrected chi connectivity index (χ1v) is 13.0. The molecule has 0 unspecified atom stereocenters. The molecule has 4 N–H and O–H groups in total. The number of ketones is 1. The zero-order valence-electron chi connectivity index (χ0n) is 22.3. The highest BCUT2D eigenvalue weighted by atomic mass is 32.1. The monoisotopic (exact) mass is 524 g/mol. The van der Waals surface area contributed by atoms with Crippen molar-refractivity contribution < 1.29 is 25.2 Å². The third kappa shape index (κ3) is 7.60. The van der Waals surface area contributed by atoms with Gasteiger partial charge in [-0.05, 0) is 71.2 Å². The van der Waals surface area contributed by atoms with Gasteiger partial charge in [-0.1, -0.05) is 76.6 Å². The minimum absolute atomic E-state index is 0. The van der Waals surface area contributed by atoms with Crippen LogP contribution in [0.3, 0.4) is 0 Å². The molecule has 37 heavy (non-hydrogen) atoms. The van der Waals surface area contributed by atoms with Gasteiger partial charge in [-0.25, -0.2) is 0 Å². The van der Waals surface area contributed by atoms with E-state index in [4.69, 9.17) is 9.47 Å². The van der Waals surface area contributed by atoms with Gasteiger partial charge in [-0.2, -0.15) is 0 Å². The summed E-state index contributed by atoms with van der Waals surface area (Å²) in [7, 11) is 0. The van der Waals surface area contributed by atoms with Gasteiger partial charge in [0, 0.05) is 11.3 Å². The topological polar surface area (TPSA) is 98.5 Å². The number of Topliss-reactive ketones (excluding diaryl/α,β-unsaturated/α-hetero) is 1. The highest BCUT2D eigenvalue weighted by Gasteiger charge is 2.50. The number of carbonyl (C=O) groups excluding carboxylic acids is 1. The molecule has 5 rings (SSSR count). The second-order valence-electron chi connectivity index (χ2n) is 10.8. The molecular weight excluding hydrogens is 484 g/mol. The summed E-state index contributed by atoms with van der Waals surface area (Å²) in [6, 6.07) is 22.2. The standard InChI is InChI=1S/C24H20O3S.C7H16.2H2O/c25-23(24(10-11-24)19-6-9-21-22(14-19)27-15-26-21)13-16-2-1-3-18(12-16)17-4-7-20(28)8-5-17;1-5-6-7(2,3)4;;/h1-9,12,14,28H,10-11,13,15H2;5-6H2,1-4H3;2*1H2. The fourth-order valence-electron chi connectivity index (χ4n) is 4.67. The van der Waals surface area contributed by atoms with Crippen LogP contribution in [0, 0.1) is 5.41 Å². The van der Waals surface area contributed by atoms with Crippen LogP contribution in [-0.4, -0.2) is 23.5 Å². The Hall–Kier alpha value is -2.80. The van der Waals surface area contributed by atoms with Crippen molar-refractivity contribution in [2.45, 2.75) is 70.1 Å². The summed E-state index contributed by atoms with van der Waals surface area (Å²) in [6.45, 7) is 9.30. The van der Waals surface area contributed by atoms with E-state index in [1.807, 2.05) is 42.5 Å². The van der Waals surface area contributed by atoms with Gasteiger partial charge < -0.3 is 20.4 Å². The molecule has 0 saturated heterocycles. The van der Waals surface area contributed by atoms with Crippen molar-refractivity contribution in [2.24, 2.45) is 5.41 Å². The lowest BCUT2D eigenvalue weighted by Crippen LogP contribution is -2.22. The number of benzene rings is 3. The van der Waals surface area contributed by atoms with E-state index in [1.54, 1.807) is 0 Å². The molecular formula is C31H40O5S. The Morgan fingerprint density at radius 1 is 0.892 bits per heavy atom. The van der Waals surface area contributed by atoms with Crippen molar-refractivity contribution in [3.05, 3.63) is 77.9 Å². The van der Waals surface area contributed by atoms with Crippen molar-refractivity contribution in [1.82, 2.24) is 0 Å². The van der Waals surface area contributed by atoms with Crippen LogP contribution in [0.4, 0.5) is 0 Å².